The normalized spacial score (nSPS) is 21.0. The van der Waals surface area contributed by atoms with Crippen molar-refractivity contribution < 1.29 is 9.21 Å². The molecule has 0 radical (unpaired) electrons. The van der Waals surface area contributed by atoms with E-state index in [4.69, 9.17) is 4.42 Å². The molecule has 4 heterocycles. The third-order valence-corrected chi connectivity index (χ3v) is 6.68. The van der Waals surface area contributed by atoms with Crippen LogP contribution in [-0.4, -0.2) is 43.9 Å². The third kappa shape index (κ3) is 3.08. The maximum Gasteiger partial charge on any atom is 0.264 e. The van der Waals surface area contributed by atoms with Gasteiger partial charge < -0.3 is 4.42 Å². The number of carbonyl (C=O) groups excluding carboxylic acids is 1. The van der Waals surface area contributed by atoms with Crippen molar-refractivity contribution in [2.75, 3.05) is 13.1 Å². The number of rotatable bonds is 4. The lowest BCUT2D eigenvalue weighted by Crippen LogP contribution is -2.41. The van der Waals surface area contributed by atoms with Gasteiger partial charge in [-0.1, -0.05) is 48.0 Å². The van der Waals surface area contributed by atoms with Crippen molar-refractivity contribution in [2.45, 2.75) is 42.6 Å². The molecular weight excluding hydrogens is 372 g/mol. The van der Waals surface area contributed by atoms with Gasteiger partial charge in [-0.15, -0.1) is 5.10 Å². The number of thioether (sulfide) groups is 1. The Morgan fingerprint density at radius 3 is 2.61 bits per heavy atom. The molecule has 2 unspecified atom stereocenters. The molecule has 2 aliphatic rings. The van der Waals surface area contributed by atoms with Crippen molar-refractivity contribution in [3.8, 4) is 11.6 Å². The zero-order chi connectivity index (χ0) is 19.1. The van der Waals surface area contributed by atoms with Gasteiger partial charge >= 0.3 is 0 Å². The quantitative estimate of drug-likeness (QED) is 0.661. The highest BCUT2D eigenvalue weighted by Crippen LogP contribution is 2.42. The summed E-state index contributed by atoms with van der Waals surface area (Å²) in [5.41, 5.74) is 2.42. The number of piperidine rings is 1. The van der Waals surface area contributed by atoms with Crippen LogP contribution >= 0.6 is 11.8 Å². The Hall–Kier alpha value is -2.38. The predicted octanol–water partition coefficient (Wildman–Crippen LogP) is 4.19. The van der Waals surface area contributed by atoms with E-state index >= 15 is 0 Å². The molecule has 6 nitrogen and oxygen atoms in total. The Bertz CT molecular complexity index is 975. The van der Waals surface area contributed by atoms with Gasteiger partial charge in [0.05, 0.1) is 12.3 Å². The zero-order valence-electron chi connectivity index (χ0n) is 15.7. The standard InChI is InChI=1S/C21H22N4O2S/c1-14-7-9-15(10-8-14)17(24-11-3-2-4-12-24)18-20(26)25-21(28-18)22-19(23-25)16-6-5-13-27-16/h5-10,13,17-18H,2-4,11-12H2,1H3. The largest absolute Gasteiger partial charge is 0.461 e. The molecule has 0 bridgehead atoms. The van der Waals surface area contributed by atoms with E-state index in [1.165, 1.54) is 46.8 Å². The number of furan rings is 1. The second-order valence-electron chi connectivity index (χ2n) is 7.44. The van der Waals surface area contributed by atoms with Gasteiger partial charge in [0.1, 0.15) is 5.25 Å². The number of hydrogen-bond acceptors (Lipinski definition) is 6. The highest BCUT2D eigenvalue weighted by molar-refractivity contribution is 8.00. The van der Waals surface area contributed by atoms with E-state index in [0.717, 1.165) is 13.1 Å². The van der Waals surface area contributed by atoms with Crippen molar-refractivity contribution in [1.29, 1.82) is 0 Å². The Labute approximate surface area is 167 Å². The van der Waals surface area contributed by atoms with Crippen LogP contribution in [0.2, 0.25) is 0 Å². The second kappa shape index (κ2) is 7.22. The fraction of sp³-hybridized carbons (Fsp3) is 0.381. The number of aromatic nitrogens is 3. The lowest BCUT2D eigenvalue weighted by molar-refractivity contribution is 0.0819. The second-order valence-corrected chi connectivity index (χ2v) is 8.54. The molecule has 1 fully saturated rings. The topological polar surface area (TPSA) is 64.2 Å². The van der Waals surface area contributed by atoms with E-state index in [1.54, 1.807) is 18.4 Å². The number of benzene rings is 1. The molecule has 1 aromatic carbocycles. The molecule has 0 aliphatic carbocycles. The van der Waals surface area contributed by atoms with E-state index in [1.807, 2.05) is 0 Å². The molecule has 0 amide bonds. The average molecular weight is 395 g/mol. The summed E-state index contributed by atoms with van der Waals surface area (Å²) in [6.45, 7) is 4.14. The Morgan fingerprint density at radius 2 is 1.93 bits per heavy atom. The lowest BCUT2D eigenvalue weighted by Gasteiger charge is -2.37. The molecule has 3 aromatic rings. The van der Waals surface area contributed by atoms with E-state index in [9.17, 15) is 4.79 Å². The van der Waals surface area contributed by atoms with Crippen LogP contribution in [0.25, 0.3) is 11.6 Å². The van der Waals surface area contributed by atoms with Crippen molar-refractivity contribution >= 4 is 17.7 Å². The van der Waals surface area contributed by atoms with Crippen LogP contribution in [0.1, 0.15) is 41.2 Å². The fourth-order valence-electron chi connectivity index (χ4n) is 4.05. The summed E-state index contributed by atoms with van der Waals surface area (Å²) in [7, 11) is 0. The van der Waals surface area contributed by atoms with Crippen molar-refractivity contribution in [2.24, 2.45) is 0 Å². The molecule has 2 aromatic heterocycles. The van der Waals surface area contributed by atoms with Gasteiger partial charge in [-0.25, -0.2) is 0 Å². The predicted molar refractivity (Wildman–Crippen MR) is 107 cm³/mol. The van der Waals surface area contributed by atoms with E-state index in [2.05, 4.69) is 46.2 Å². The van der Waals surface area contributed by atoms with E-state index in [0.29, 0.717) is 16.7 Å². The Kier molecular flexibility index (Phi) is 4.56. The van der Waals surface area contributed by atoms with Gasteiger partial charge in [0.25, 0.3) is 5.91 Å². The van der Waals surface area contributed by atoms with Crippen molar-refractivity contribution in [1.82, 2.24) is 19.7 Å². The summed E-state index contributed by atoms with van der Waals surface area (Å²) in [6.07, 6.45) is 5.21. The van der Waals surface area contributed by atoms with E-state index < -0.39 is 0 Å². The maximum absolute atomic E-state index is 13.3. The fourth-order valence-corrected chi connectivity index (χ4v) is 5.30. The van der Waals surface area contributed by atoms with Gasteiger partial charge in [-0.3, -0.25) is 9.69 Å². The molecule has 144 valence electrons. The van der Waals surface area contributed by atoms with Crippen LogP contribution < -0.4 is 0 Å². The number of fused-ring (bicyclic) bond motifs is 1. The molecular formula is C21H22N4O2S. The van der Waals surface area contributed by atoms with Gasteiger partial charge in [0.15, 0.2) is 10.9 Å². The van der Waals surface area contributed by atoms with Crippen LogP contribution in [0.15, 0.2) is 52.2 Å². The lowest BCUT2D eigenvalue weighted by atomic mass is 9.97. The van der Waals surface area contributed by atoms with Gasteiger partial charge in [0.2, 0.25) is 5.82 Å². The molecule has 0 N–H and O–H groups in total. The average Bonchev–Trinajstić information content (AvgIpc) is 3.43. The minimum absolute atomic E-state index is 0.00135. The zero-order valence-corrected chi connectivity index (χ0v) is 16.6. The molecule has 2 atom stereocenters. The maximum atomic E-state index is 13.3. The number of nitrogens with zero attached hydrogens (tertiary/aromatic N) is 4. The summed E-state index contributed by atoms with van der Waals surface area (Å²) in [6, 6.07) is 12.2. The highest BCUT2D eigenvalue weighted by atomic mass is 32.2. The number of hydrogen-bond donors (Lipinski definition) is 0. The molecule has 28 heavy (non-hydrogen) atoms. The molecule has 0 saturated carbocycles. The van der Waals surface area contributed by atoms with Crippen molar-refractivity contribution in [3.63, 3.8) is 0 Å². The molecule has 2 aliphatic heterocycles. The number of aryl methyl sites for hydroxylation is 1. The Balaban J connectivity index is 1.47. The Morgan fingerprint density at radius 1 is 1.14 bits per heavy atom. The molecule has 0 spiro atoms. The summed E-state index contributed by atoms with van der Waals surface area (Å²) >= 11 is 1.52. The smallest absolute Gasteiger partial charge is 0.264 e. The van der Waals surface area contributed by atoms with Crippen LogP contribution in [0, 0.1) is 6.92 Å². The summed E-state index contributed by atoms with van der Waals surface area (Å²) in [5.74, 6) is 1.04. The van der Waals surface area contributed by atoms with Crippen LogP contribution in [-0.2, 0) is 0 Å². The van der Waals surface area contributed by atoms with E-state index in [-0.39, 0.29) is 17.2 Å². The first-order chi connectivity index (χ1) is 13.7. The monoisotopic (exact) mass is 394 g/mol. The van der Waals surface area contributed by atoms with Gasteiger partial charge in [-0.2, -0.15) is 9.67 Å². The number of likely N-dealkylation sites (tertiary alicyclic amines) is 1. The molecule has 5 rings (SSSR count). The van der Waals surface area contributed by atoms with Crippen LogP contribution in [0.3, 0.4) is 0 Å². The summed E-state index contributed by atoms with van der Waals surface area (Å²) < 4.78 is 6.83. The summed E-state index contributed by atoms with van der Waals surface area (Å²) in [4.78, 5) is 20.3. The minimum atomic E-state index is -0.235. The highest BCUT2D eigenvalue weighted by Gasteiger charge is 2.43. The number of carbonyl (C=O) groups is 1. The first-order valence-electron chi connectivity index (χ1n) is 9.73. The SMILES string of the molecule is Cc1ccc(C(C2Sc3nc(-c4ccco4)nn3C2=O)N2CCCCC2)cc1. The first kappa shape index (κ1) is 17.7. The van der Waals surface area contributed by atoms with Crippen molar-refractivity contribution in [3.05, 3.63) is 53.8 Å². The van der Waals surface area contributed by atoms with Crippen LogP contribution in [0.5, 0.6) is 0 Å². The summed E-state index contributed by atoms with van der Waals surface area (Å²) in [5, 5.41) is 4.84. The van der Waals surface area contributed by atoms with Crippen LogP contribution in [0.4, 0.5) is 0 Å². The first-order valence-corrected chi connectivity index (χ1v) is 10.6. The van der Waals surface area contributed by atoms with Gasteiger partial charge in [-0.05, 0) is 50.6 Å². The third-order valence-electron chi connectivity index (χ3n) is 5.49. The molecule has 7 heteroatoms. The molecule has 1 saturated heterocycles. The van der Waals surface area contributed by atoms with Gasteiger partial charge in [0, 0.05) is 0 Å². The minimum Gasteiger partial charge on any atom is -0.461 e.